The van der Waals surface area contributed by atoms with Gasteiger partial charge in [-0.1, -0.05) is 29.3 Å². The number of rotatable bonds is 5. The standard InChI is InChI=1S/C20H13Cl2F3N6O/c1-32-12-7-5-11(6-8-12)31-19(28-29-30-31)14-10-26-17(27-18(14)20(23,24)25)9-13-15(21)3-2-4-16(13)22/h2-8,10H,9H2,1H3. The number of hydrogen-bond donors (Lipinski definition) is 0. The Morgan fingerprint density at radius 1 is 1.03 bits per heavy atom. The van der Waals surface area contributed by atoms with Crippen LogP contribution in [-0.4, -0.2) is 37.3 Å². The van der Waals surface area contributed by atoms with E-state index in [1.54, 1.807) is 42.5 Å². The molecule has 0 aliphatic heterocycles. The largest absolute Gasteiger partial charge is 0.497 e. The van der Waals surface area contributed by atoms with Gasteiger partial charge in [-0.15, -0.1) is 5.10 Å². The van der Waals surface area contributed by atoms with Crippen molar-refractivity contribution in [2.75, 3.05) is 7.11 Å². The minimum Gasteiger partial charge on any atom is -0.497 e. The van der Waals surface area contributed by atoms with Gasteiger partial charge in [-0.2, -0.15) is 17.9 Å². The van der Waals surface area contributed by atoms with E-state index in [1.165, 1.54) is 7.11 Å². The highest BCUT2D eigenvalue weighted by atomic mass is 35.5. The Bertz CT molecular complexity index is 1240. The quantitative estimate of drug-likeness (QED) is 0.397. The first-order valence-electron chi connectivity index (χ1n) is 9.07. The van der Waals surface area contributed by atoms with Gasteiger partial charge >= 0.3 is 6.18 Å². The second kappa shape index (κ2) is 8.71. The molecule has 0 aliphatic carbocycles. The Hall–Kier alpha value is -3.24. The van der Waals surface area contributed by atoms with Crippen LogP contribution in [0.3, 0.4) is 0 Å². The number of aromatic nitrogens is 6. The molecule has 164 valence electrons. The van der Waals surface area contributed by atoms with Crippen molar-refractivity contribution in [2.45, 2.75) is 12.6 Å². The zero-order chi connectivity index (χ0) is 22.9. The molecule has 4 rings (SSSR count). The number of nitrogens with zero attached hydrogens (tertiary/aromatic N) is 6. The summed E-state index contributed by atoms with van der Waals surface area (Å²) in [5.74, 6) is 0.314. The van der Waals surface area contributed by atoms with E-state index in [1.807, 2.05) is 0 Å². The number of methoxy groups -OCH3 is 1. The summed E-state index contributed by atoms with van der Waals surface area (Å²) in [6, 6.07) is 11.3. The molecule has 0 amide bonds. The summed E-state index contributed by atoms with van der Waals surface area (Å²) >= 11 is 12.3. The monoisotopic (exact) mass is 480 g/mol. The van der Waals surface area contributed by atoms with Crippen LogP contribution in [0.5, 0.6) is 5.75 Å². The predicted octanol–water partition coefficient (Wildman–Crippen LogP) is 5.04. The molecule has 0 unspecified atom stereocenters. The molecule has 0 saturated carbocycles. The van der Waals surface area contributed by atoms with E-state index in [0.29, 0.717) is 27.0 Å². The summed E-state index contributed by atoms with van der Waals surface area (Å²) in [4.78, 5) is 7.85. The first kappa shape index (κ1) is 22.0. The number of halogens is 5. The zero-order valence-corrected chi connectivity index (χ0v) is 17.8. The smallest absolute Gasteiger partial charge is 0.434 e. The summed E-state index contributed by atoms with van der Waals surface area (Å²) in [6.45, 7) is 0. The van der Waals surface area contributed by atoms with Gasteiger partial charge in [0.2, 0.25) is 0 Å². The molecule has 0 N–H and O–H groups in total. The SMILES string of the molecule is COc1ccc(-n2nnnc2-c2cnc(Cc3c(Cl)cccc3Cl)nc2C(F)(F)F)cc1. The number of tetrazole rings is 1. The Morgan fingerprint density at radius 2 is 1.72 bits per heavy atom. The highest BCUT2D eigenvalue weighted by molar-refractivity contribution is 6.36. The number of ether oxygens (including phenoxy) is 1. The minimum absolute atomic E-state index is 0.0781. The molecular formula is C20H13Cl2F3N6O. The summed E-state index contributed by atoms with van der Waals surface area (Å²) in [6.07, 6.45) is -3.82. The molecular weight excluding hydrogens is 468 g/mol. The van der Waals surface area contributed by atoms with E-state index >= 15 is 0 Å². The van der Waals surface area contributed by atoms with Crippen molar-refractivity contribution in [2.24, 2.45) is 0 Å². The second-order valence-electron chi connectivity index (χ2n) is 6.54. The van der Waals surface area contributed by atoms with Crippen molar-refractivity contribution >= 4 is 23.2 Å². The third-order valence-electron chi connectivity index (χ3n) is 4.53. The Kier molecular flexibility index (Phi) is 5.98. The maximum Gasteiger partial charge on any atom is 0.434 e. The van der Waals surface area contributed by atoms with Gasteiger partial charge in [0.1, 0.15) is 11.6 Å². The van der Waals surface area contributed by atoms with Crippen LogP contribution in [0.15, 0.2) is 48.7 Å². The lowest BCUT2D eigenvalue weighted by Gasteiger charge is -2.13. The van der Waals surface area contributed by atoms with Crippen molar-refractivity contribution in [1.82, 2.24) is 30.2 Å². The third-order valence-corrected chi connectivity index (χ3v) is 5.24. The van der Waals surface area contributed by atoms with Gasteiger partial charge in [0, 0.05) is 22.7 Å². The topological polar surface area (TPSA) is 78.6 Å². The molecule has 7 nitrogen and oxygen atoms in total. The number of hydrogen-bond acceptors (Lipinski definition) is 6. The fourth-order valence-electron chi connectivity index (χ4n) is 2.99. The lowest BCUT2D eigenvalue weighted by atomic mass is 10.1. The minimum atomic E-state index is -4.78. The molecule has 0 aliphatic rings. The van der Waals surface area contributed by atoms with E-state index < -0.39 is 11.9 Å². The van der Waals surface area contributed by atoms with Crippen LogP contribution < -0.4 is 4.74 Å². The van der Waals surface area contributed by atoms with Gasteiger partial charge < -0.3 is 4.74 Å². The Morgan fingerprint density at radius 3 is 2.34 bits per heavy atom. The average molecular weight is 481 g/mol. The zero-order valence-electron chi connectivity index (χ0n) is 16.3. The van der Waals surface area contributed by atoms with Crippen molar-refractivity contribution in [3.8, 4) is 22.8 Å². The van der Waals surface area contributed by atoms with Crippen LogP contribution in [-0.2, 0) is 12.6 Å². The summed E-state index contributed by atoms with van der Waals surface area (Å²) in [5, 5.41) is 11.7. The molecule has 0 radical (unpaired) electrons. The maximum atomic E-state index is 13.9. The van der Waals surface area contributed by atoms with Crippen LogP contribution in [0.2, 0.25) is 10.0 Å². The Labute approximate surface area is 189 Å². The van der Waals surface area contributed by atoms with Crippen LogP contribution in [0.1, 0.15) is 17.1 Å². The van der Waals surface area contributed by atoms with Gasteiger partial charge in [-0.05, 0) is 52.4 Å². The lowest BCUT2D eigenvalue weighted by molar-refractivity contribution is -0.140. The highest BCUT2D eigenvalue weighted by Crippen LogP contribution is 2.36. The van der Waals surface area contributed by atoms with Gasteiger partial charge in [-0.3, -0.25) is 0 Å². The molecule has 12 heteroatoms. The molecule has 0 saturated heterocycles. The normalized spacial score (nSPS) is 11.6. The van der Waals surface area contributed by atoms with Crippen LogP contribution >= 0.6 is 23.2 Å². The maximum absolute atomic E-state index is 13.9. The van der Waals surface area contributed by atoms with E-state index in [2.05, 4.69) is 25.5 Å². The van der Waals surface area contributed by atoms with Gasteiger partial charge in [-0.25, -0.2) is 9.97 Å². The average Bonchev–Trinajstić information content (AvgIpc) is 3.25. The first-order chi connectivity index (χ1) is 15.3. The molecule has 0 bridgehead atoms. The Balaban J connectivity index is 1.78. The molecule has 4 aromatic rings. The lowest BCUT2D eigenvalue weighted by Crippen LogP contribution is -2.15. The number of alkyl halides is 3. The second-order valence-corrected chi connectivity index (χ2v) is 7.35. The van der Waals surface area contributed by atoms with Crippen LogP contribution in [0, 0.1) is 0 Å². The van der Waals surface area contributed by atoms with Crippen molar-refractivity contribution < 1.29 is 17.9 Å². The molecule has 0 spiro atoms. The van der Waals surface area contributed by atoms with Crippen LogP contribution in [0.4, 0.5) is 13.2 Å². The van der Waals surface area contributed by atoms with Gasteiger partial charge in [0.25, 0.3) is 0 Å². The van der Waals surface area contributed by atoms with Crippen molar-refractivity contribution in [3.63, 3.8) is 0 Å². The molecule has 2 aromatic carbocycles. The summed E-state index contributed by atoms with van der Waals surface area (Å²) in [5.41, 5.74) is -0.673. The van der Waals surface area contributed by atoms with E-state index in [-0.39, 0.29) is 23.6 Å². The van der Waals surface area contributed by atoms with Gasteiger partial charge in [0.05, 0.1) is 18.4 Å². The third kappa shape index (κ3) is 4.37. The van der Waals surface area contributed by atoms with Crippen LogP contribution in [0.25, 0.3) is 17.1 Å². The fourth-order valence-corrected chi connectivity index (χ4v) is 3.53. The van der Waals surface area contributed by atoms with E-state index in [0.717, 1.165) is 10.9 Å². The molecule has 2 aromatic heterocycles. The number of benzene rings is 2. The predicted molar refractivity (Wildman–Crippen MR) is 111 cm³/mol. The molecule has 2 heterocycles. The molecule has 0 fully saturated rings. The van der Waals surface area contributed by atoms with Crippen molar-refractivity contribution in [1.29, 1.82) is 0 Å². The van der Waals surface area contributed by atoms with Crippen molar-refractivity contribution in [3.05, 3.63) is 75.8 Å². The first-order valence-corrected chi connectivity index (χ1v) is 9.82. The molecule has 32 heavy (non-hydrogen) atoms. The summed E-state index contributed by atoms with van der Waals surface area (Å²) < 4.78 is 48.0. The molecule has 0 atom stereocenters. The highest BCUT2D eigenvalue weighted by Gasteiger charge is 2.38. The summed E-state index contributed by atoms with van der Waals surface area (Å²) in [7, 11) is 1.50. The van der Waals surface area contributed by atoms with E-state index in [9.17, 15) is 13.2 Å². The fraction of sp³-hybridized carbons (Fsp3) is 0.150. The van der Waals surface area contributed by atoms with Gasteiger partial charge in [0.15, 0.2) is 11.5 Å². The van der Waals surface area contributed by atoms with E-state index in [4.69, 9.17) is 27.9 Å².